The molecule has 0 nitrogen and oxygen atoms in total. The van der Waals surface area contributed by atoms with Crippen LogP contribution in [-0.2, 0) is 25.7 Å². The molecular formula is C42H30S. The summed E-state index contributed by atoms with van der Waals surface area (Å²) in [5.41, 5.74) is 14.6. The van der Waals surface area contributed by atoms with Gasteiger partial charge < -0.3 is 0 Å². The molecule has 43 heavy (non-hydrogen) atoms. The number of thiophene rings is 1. The second-order valence-corrected chi connectivity index (χ2v) is 13.7. The summed E-state index contributed by atoms with van der Waals surface area (Å²) in [6, 6.07) is 37.2. The Hall–Kier alpha value is -4.46. The fraction of sp³-hybridized carbons (Fsp3) is 0.143. The molecule has 1 aromatic heterocycles. The predicted octanol–water partition coefficient (Wildman–Crippen LogP) is 11.5. The molecule has 10 rings (SSSR count). The molecule has 1 heteroatoms. The Kier molecular flexibility index (Phi) is 5.04. The van der Waals surface area contributed by atoms with Crippen molar-refractivity contribution in [1.29, 1.82) is 0 Å². The standard InChI is InChI=1S/C42H30S/c1-3-8-35-33(6-1)40(34-7-2-4-9-36(34)41(35)31-21-13-25-12-18-28(25)22-31)27-16-14-26(15-17-27)32-10-5-11-38-42(32)37-23-29-19-20-30(29)24-39(37)43-38/h1-11,13-14,16,21-24H,12,15,17-20H2. The summed E-state index contributed by atoms with van der Waals surface area (Å²) in [5.74, 6) is 0. The summed E-state index contributed by atoms with van der Waals surface area (Å²) in [7, 11) is 0. The van der Waals surface area contributed by atoms with Gasteiger partial charge in [0.1, 0.15) is 0 Å². The number of benzene rings is 6. The molecule has 0 N–H and O–H groups in total. The number of aryl methyl sites for hydroxylation is 4. The zero-order valence-electron chi connectivity index (χ0n) is 24.0. The maximum atomic E-state index is 2.49. The number of hydrogen-bond donors (Lipinski definition) is 0. The molecule has 3 aliphatic rings. The highest BCUT2D eigenvalue weighted by Crippen LogP contribution is 2.47. The second kappa shape index (κ2) is 9.02. The summed E-state index contributed by atoms with van der Waals surface area (Å²) < 4.78 is 2.86. The van der Waals surface area contributed by atoms with Crippen molar-refractivity contribution >= 4 is 64.2 Å². The molecule has 204 valence electrons. The first kappa shape index (κ1) is 24.0. The van der Waals surface area contributed by atoms with E-state index >= 15 is 0 Å². The minimum absolute atomic E-state index is 1.05. The van der Waals surface area contributed by atoms with Crippen LogP contribution in [0.4, 0.5) is 0 Å². The third-order valence-electron chi connectivity index (χ3n) is 10.4. The van der Waals surface area contributed by atoms with Gasteiger partial charge in [0.05, 0.1) is 0 Å². The molecule has 0 aliphatic heterocycles. The lowest BCUT2D eigenvalue weighted by molar-refractivity contribution is 0.840. The van der Waals surface area contributed by atoms with E-state index < -0.39 is 0 Å². The highest BCUT2D eigenvalue weighted by atomic mass is 32.1. The smallest absolute Gasteiger partial charge is 0.0361 e. The van der Waals surface area contributed by atoms with Gasteiger partial charge in [-0.05, 0) is 134 Å². The van der Waals surface area contributed by atoms with Crippen molar-refractivity contribution in [3.05, 3.63) is 143 Å². The summed E-state index contributed by atoms with van der Waals surface area (Å²) in [6.07, 6.45) is 11.9. The van der Waals surface area contributed by atoms with E-state index in [9.17, 15) is 0 Å². The van der Waals surface area contributed by atoms with E-state index in [1.807, 2.05) is 11.3 Å². The zero-order valence-corrected chi connectivity index (χ0v) is 24.9. The molecule has 3 aliphatic carbocycles. The van der Waals surface area contributed by atoms with Crippen LogP contribution in [0.5, 0.6) is 0 Å². The number of fused-ring (bicyclic) bond motifs is 7. The summed E-state index contributed by atoms with van der Waals surface area (Å²) in [6.45, 7) is 0. The van der Waals surface area contributed by atoms with E-state index in [1.54, 1.807) is 11.1 Å². The molecule has 7 aromatic rings. The van der Waals surface area contributed by atoms with Gasteiger partial charge in [0.25, 0.3) is 0 Å². The fourth-order valence-electron chi connectivity index (χ4n) is 7.99. The van der Waals surface area contributed by atoms with Gasteiger partial charge in [0, 0.05) is 20.2 Å². The van der Waals surface area contributed by atoms with E-state index in [4.69, 9.17) is 0 Å². The monoisotopic (exact) mass is 566 g/mol. The quantitative estimate of drug-likeness (QED) is 0.187. The van der Waals surface area contributed by atoms with Crippen molar-refractivity contribution < 1.29 is 0 Å². The van der Waals surface area contributed by atoms with Crippen LogP contribution in [0.1, 0.15) is 46.2 Å². The van der Waals surface area contributed by atoms with Crippen molar-refractivity contribution in [2.24, 2.45) is 0 Å². The first-order chi connectivity index (χ1) is 21.3. The molecule has 0 unspecified atom stereocenters. The Balaban J connectivity index is 1.16. The third kappa shape index (κ3) is 3.49. The van der Waals surface area contributed by atoms with Gasteiger partial charge in [-0.2, -0.15) is 0 Å². The Labute approximate surface area is 255 Å². The van der Waals surface area contributed by atoms with Crippen LogP contribution in [0.2, 0.25) is 0 Å². The van der Waals surface area contributed by atoms with Gasteiger partial charge in [0.15, 0.2) is 0 Å². The van der Waals surface area contributed by atoms with Gasteiger partial charge in [-0.3, -0.25) is 0 Å². The normalized spacial score (nSPS) is 15.6. The summed E-state index contributed by atoms with van der Waals surface area (Å²) in [4.78, 5) is 0. The Morgan fingerprint density at radius 3 is 1.70 bits per heavy atom. The molecule has 0 bridgehead atoms. The molecule has 0 fully saturated rings. The van der Waals surface area contributed by atoms with Crippen molar-refractivity contribution in [2.45, 2.75) is 38.5 Å². The van der Waals surface area contributed by atoms with Gasteiger partial charge >= 0.3 is 0 Å². The van der Waals surface area contributed by atoms with Gasteiger partial charge in [0.2, 0.25) is 0 Å². The van der Waals surface area contributed by atoms with Gasteiger partial charge in [-0.25, -0.2) is 0 Å². The SMILES string of the molecule is C1=C(c2c3ccccc3c(-c3ccc4c(c3)CC4)c3ccccc23)CCC(c2cccc3sc4cc5c(cc4c23)CC5)=C1. The zero-order chi connectivity index (χ0) is 28.1. The lowest BCUT2D eigenvalue weighted by atomic mass is 9.80. The maximum Gasteiger partial charge on any atom is 0.0361 e. The topological polar surface area (TPSA) is 0 Å². The number of hydrogen-bond acceptors (Lipinski definition) is 1. The summed E-state index contributed by atoms with van der Waals surface area (Å²) in [5, 5.41) is 8.36. The van der Waals surface area contributed by atoms with Gasteiger partial charge in [-0.15, -0.1) is 11.3 Å². The van der Waals surface area contributed by atoms with Crippen LogP contribution in [0, 0.1) is 0 Å². The molecule has 0 spiro atoms. The molecule has 6 aromatic carbocycles. The molecular weight excluding hydrogens is 537 g/mol. The molecule has 0 amide bonds. The minimum Gasteiger partial charge on any atom is -0.135 e. The highest BCUT2D eigenvalue weighted by Gasteiger charge is 2.23. The van der Waals surface area contributed by atoms with E-state index in [0.717, 1.165) is 12.8 Å². The van der Waals surface area contributed by atoms with E-state index in [-0.39, 0.29) is 0 Å². The van der Waals surface area contributed by atoms with Crippen LogP contribution in [0.15, 0.2) is 109 Å². The first-order valence-corrected chi connectivity index (χ1v) is 16.5. The predicted molar refractivity (Wildman–Crippen MR) is 186 cm³/mol. The molecule has 1 heterocycles. The summed E-state index contributed by atoms with van der Waals surface area (Å²) >= 11 is 1.96. The van der Waals surface area contributed by atoms with Gasteiger partial charge in [-0.1, -0.05) is 91.0 Å². The lowest BCUT2D eigenvalue weighted by Gasteiger charge is -2.23. The highest BCUT2D eigenvalue weighted by molar-refractivity contribution is 7.25. The van der Waals surface area contributed by atoms with Crippen molar-refractivity contribution in [1.82, 2.24) is 0 Å². The van der Waals surface area contributed by atoms with Crippen molar-refractivity contribution in [3.8, 4) is 11.1 Å². The first-order valence-electron chi connectivity index (χ1n) is 15.7. The lowest BCUT2D eigenvalue weighted by Crippen LogP contribution is -2.07. The molecule has 0 radical (unpaired) electrons. The van der Waals surface area contributed by atoms with E-state index in [1.165, 1.54) is 112 Å². The van der Waals surface area contributed by atoms with Crippen LogP contribution in [0.25, 0.3) is 64.0 Å². The third-order valence-corrected chi connectivity index (χ3v) is 11.5. The van der Waals surface area contributed by atoms with Crippen molar-refractivity contribution in [2.75, 3.05) is 0 Å². The van der Waals surface area contributed by atoms with E-state index in [0.29, 0.717) is 0 Å². The van der Waals surface area contributed by atoms with Crippen LogP contribution < -0.4 is 0 Å². The Morgan fingerprint density at radius 2 is 1.05 bits per heavy atom. The van der Waals surface area contributed by atoms with Crippen molar-refractivity contribution in [3.63, 3.8) is 0 Å². The minimum atomic E-state index is 1.05. The Morgan fingerprint density at radius 1 is 0.419 bits per heavy atom. The van der Waals surface area contributed by atoms with Crippen LogP contribution in [0.3, 0.4) is 0 Å². The average molecular weight is 567 g/mol. The second-order valence-electron chi connectivity index (χ2n) is 12.6. The molecule has 0 saturated heterocycles. The van der Waals surface area contributed by atoms with Crippen LogP contribution >= 0.6 is 11.3 Å². The van der Waals surface area contributed by atoms with E-state index in [2.05, 4.69) is 109 Å². The number of allylic oxidation sites excluding steroid dienone is 4. The maximum absolute atomic E-state index is 2.49. The average Bonchev–Trinajstić information content (AvgIpc) is 3.39. The van der Waals surface area contributed by atoms with Crippen LogP contribution in [-0.4, -0.2) is 0 Å². The fourth-order valence-corrected chi connectivity index (χ4v) is 9.17. The molecule has 0 saturated carbocycles. The largest absolute Gasteiger partial charge is 0.135 e. The number of rotatable bonds is 3. The Bertz CT molecular complexity index is 2340. The molecule has 0 atom stereocenters.